The maximum atomic E-state index is 12.4. The Bertz CT molecular complexity index is 882. The summed E-state index contributed by atoms with van der Waals surface area (Å²) in [6.07, 6.45) is 2.57. The minimum absolute atomic E-state index is 0.0593. The molecular formula is C17H18F2N4O2. The van der Waals surface area contributed by atoms with Crippen molar-refractivity contribution in [1.29, 1.82) is 0 Å². The SMILES string of the molecule is Cc1cc(NCC(O)c2cnn(C)c2)c2cc(OC(F)F)ccc2n1. The first-order valence-corrected chi connectivity index (χ1v) is 7.69. The normalized spacial score (nSPS) is 12.6. The molecule has 1 aromatic carbocycles. The van der Waals surface area contributed by atoms with Crippen molar-refractivity contribution in [3.8, 4) is 5.75 Å². The van der Waals surface area contributed by atoms with Crippen LogP contribution in [0.25, 0.3) is 10.9 Å². The standard InChI is InChI=1S/C17H18F2N4O2/c1-10-5-15(20-8-16(24)11-7-21-23(2)9-11)13-6-12(25-17(18)19)3-4-14(13)22-10/h3-7,9,16-17,24H,8H2,1-2H3,(H,20,22). The number of alkyl halides is 2. The third kappa shape index (κ3) is 4.03. The maximum absolute atomic E-state index is 12.4. The zero-order valence-electron chi connectivity index (χ0n) is 13.8. The highest BCUT2D eigenvalue weighted by Crippen LogP contribution is 2.28. The monoisotopic (exact) mass is 348 g/mol. The average Bonchev–Trinajstić information content (AvgIpc) is 2.98. The molecule has 0 saturated carbocycles. The molecule has 0 aliphatic heterocycles. The Morgan fingerprint density at radius 2 is 2.12 bits per heavy atom. The number of aryl methyl sites for hydroxylation is 2. The number of ether oxygens (including phenoxy) is 1. The number of benzene rings is 1. The fourth-order valence-electron chi connectivity index (χ4n) is 2.60. The highest BCUT2D eigenvalue weighted by atomic mass is 19.3. The molecule has 0 bridgehead atoms. The molecule has 0 fully saturated rings. The van der Waals surface area contributed by atoms with E-state index >= 15 is 0 Å². The van der Waals surface area contributed by atoms with Gasteiger partial charge in [-0.05, 0) is 31.2 Å². The molecule has 0 aliphatic rings. The van der Waals surface area contributed by atoms with Crippen LogP contribution in [0.4, 0.5) is 14.5 Å². The van der Waals surface area contributed by atoms with Gasteiger partial charge in [0.1, 0.15) is 5.75 Å². The van der Waals surface area contributed by atoms with Gasteiger partial charge in [-0.3, -0.25) is 9.67 Å². The largest absolute Gasteiger partial charge is 0.435 e. The number of anilines is 1. The van der Waals surface area contributed by atoms with Crippen LogP contribution in [0.3, 0.4) is 0 Å². The van der Waals surface area contributed by atoms with Crippen molar-refractivity contribution in [2.24, 2.45) is 7.05 Å². The maximum Gasteiger partial charge on any atom is 0.387 e. The molecule has 3 rings (SSSR count). The lowest BCUT2D eigenvalue weighted by Gasteiger charge is -2.15. The van der Waals surface area contributed by atoms with E-state index < -0.39 is 12.7 Å². The number of hydrogen-bond acceptors (Lipinski definition) is 5. The van der Waals surface area contributed by atoms with Gasteiger partial charge in [-0.1, -0.05) is 0 Å². The molecule has 0 spiro atoms. The second kappa shape index (κ2) is 7.02. The van der Waals surface area contributed by atoms with Crippen LogP contribution in [0.2, 0.25) is 0 Å². The van der Waals surface area contributed by atoms with Gasteiger partial charge in [0.25, 0.3) is 0 Å². The third-order valence-electron chi connectivity index (χ3n) is 3.73. The van der Waals surface area contributed by atoms with E-state index in [2.05, 4.69) is 20.1 Å². The van der Waals surface area contributed by atoms with Gasteiger partial charge in [0.05, 0.1) is 17.8 Å². The van der Waals surface area contributed by atoms with Crippen LogP contribution in [-0.2, 0) is 7.05 Å². The lowest BCUT2D eigenvalue weighted by molar-refractivity contribution is -0.0497. The number of aliphatic hydroxyl groups is 1. The van der Waals surface area contributed by atoms with Crippen molar-refractivity contribution in [2.45, 2.75) is 19.6 Å². The van der Waals surface area contributed by atoms with E-state index in [-0.39, 0.29) is 12.3 Å². The van der Waals surface area contributed by atoms with Gasteiger partial charge in [0, 0.05) is 42.1 Å². The minimum atomic E-state index is -2.89. The quantitative estimate of drug-likeness (QED) is 0.716. The molecule has 2 heterocycles. The molecule has 0 aliphatic carbocycles. The van der Waals surface area contributed by atoms with Crippen molar-refractivity contribution >= 4 is 16.6 Å². The molecule has 0 saturated heterocycles. The summed E-state index contributed by atoms with van der Waals surface area (Å²) in [4.78, 5) is 4.39. The van der Waals surface area contributed by atoms with Crippen molar-refractivity contribution in [3.63, 3.8) is 0 Å². The van der Waals surface area contributed by atoms with Gasteiger partial charge >= 0.3 is 6.61 Å². The molecule has 6 nitrogen and oxygen atoms in total. The Morgan fingerprint density at radius 1 is 1.32 bits per heavy atom. The number of fused-ring (bicyclic) bond motifs is 1. The molecule has 1 unspecified atom stereocenters. The van der Waals surface area contributed by atoms with Crippen LogP contribution in [0.5, 0.6) is 5.75 Å². The average molecular weight is 348 g/mol. The van der Waals surface area contributed by atoms with E-state index in [1.807, 2.05) is 6.92 Å². The highest BCUT2D eigenvalue weighted by Gasteiger charge is 2.12. The molecule has 25 heavy (non-hydrogen) atoms. The van der Waals surface area contributed by atoms with Gasteiger partial charge in [-0.15, -0.1) is 0 Å². The van der Waals surface area contributed by atoms with E-state index in [0.717, 1.165) is 5.69 Å². The number of aromatic nitrogens is 3. The molecule has 2 N–H and O–H groups in total. The van der Waals surface area contributed by atoms with Gasteiger partial charge in [-0.2, -0.15) is 13.9 Å². The van der Waals surface area contributed by atoms with Crippen LogP contribution in [0.1, 0.15) is 17.4 Å². The Kier molecular flexibility index (Phi) is 4.80. The molecule has 8 heteroatoms. The van der Waals surface area contributed by atoms with Crippen LogP contribution in [0.15, 0.2) is 36.7 Å². The van der Waals surface area contributed by atoms with Crippen molar-refractivity contribution in [3.05, 3.63) is 47.9 Å². The predicted octanol–water partition coefficient (Wildman–Crippen LogP) is 3.02. The lowest BCUT2D eigenvalue weighted by atomic mass is 10.1. The van der Waals surface area contributed by atoms with E-state index in [1.165, 1.54) is 12.1 Å². The minimum Gasteiger partial charge on any atom is -0.435 e. The smallest absolute Gasteiger partial charge is 0.387 e. The number of halogens is 2. The van der Waals surface area contributed by atoms with E-state index in [1.54, 1.807) is 36.3 Å². The summed E-state index contributed by atoms with van der Waals surface area (Å²) in [6, 6.07) is 6.38. The summed E-state index contributed by atoms with van der Waals surface area (Å²) in [5, 5.41) is 18.1. The van der Waals surface area contributed by atoms with Crippen molar-refractivity contribution < 1.29 is 18.6 Å². The number of aliphatic hydroxyl groups excluding tert-OH is 1. The Hall–Kier alpha value is -2.74. The molecule has 1 atom stereocenters. The summed E-state index contributed by atoms with van der Waals surface area (Å²) >= 11 is 0. The van der Waals surface area contributed by atoms with Crippen LogP contribution in [0, 0.1) is 6.92 Å². The van der Waals surface area contributed by atoms with Crippen molar-refractivity contribution in [1.82, 2.24) is 14.8 Å². The van der Waals surface area contributed by atoms with Gasteiger partial charge < -0.3 is 15.2 Å². The predicted molar refractivity (Wildman–Crippen MR) is 89.8 cm³/mol. The Morgan fingerprint density at radius 3 is 2.80 bits per heavy atom. The first kappa shape index (κ1) is 17.1. The number of hydrogen-bond donors (Lipinski definition) is 2. The second-order valence-corrected chi connectivity index (χ2v) is 5.71. The van der Waals surface area contributed by atoms with Crippen LogP contribution >= 0.6 is 0 Å². The van der Waals surface area contributed by atoms with E-state index in [9.17, 15) is 13.9 Å². The molecule has 132 valence electrons. The van der Waals surface area contributed by atoms with Crippen LogP contribution in [-0.4, -0.2) is 33.0 Å². The van der Waals surface area contributed by atoms with E-state index in [0.29, 0.717) is 22.2 Å². The summed E-state index contributed by atoms with van der Waals surface area (Å²) in [5.74, 6) is 0.0593. The molecular weight excluding hydrogens is 330 g/mol. The zero-order valence-corrected chi connectivity index (χ0v) is 13.8. The topological polar surface area (TPSA) is 72.2 Å². The summed E-state index contributed by atoms with van der Waals surface area (Å²) < 4.78 is 30.9. The Labute approximate surface area is 143 Å². The molecule has 2 aromatic heterocycles. The molecule has 0 radical (unpaired) electrons. The summed E-state index contributed by atoms with van der Waals surface area (Å²) in [5.41, 5.74) is 2.80. The first-order valence-electron chi connectivity index (χ1n) is 7.69. The van der Waals surface area contributed by atoms with Crippen molar-refractivity contribution in [2.75, 3.05) is 11.9 Å². The van der Waals surface area contributed by atoms with Gasteiger partial charge in [-0.25, -0.2) is 0 Å². The summed E-state index contributed by atoms with van der Waals surface area (Å²) in [7, 11) is 1.77. The molecule has 0 amide bonds. The fraction of sp³-hybridized carbons (Fsp3) is 0.294. The number of rotatable bonds is 6. The van der Waals surface area contributed by atoms with Crippen LogP contribution < -0.4 is 10.1 Å². The number of pyridine rings is 1. The number of nitrogens with zero attached hydrogens (tertiary/aromatic N) is 3. The zero-order chi connectivity index (χ0) is 18.0. The van der Waals surface area contributed by atoms with E-state index in [4.69, 9.17) is 0 Å². The Balaban J connectivity index is 1.85. The van der Waals surface area contributed by atoms with Gasteiger partial charge in [0.15, 0.2) is 0 Å². The summed E-state index contributed by atoms with van der Waals surface area (Å²) in [6.45, 7) is -0.810. The molecule has 3 aromatic rings. The second-order valence-electron chi connectivity index (χ2n) is 5.71. The lowest BCUT2D eigenvalue weighted by Crippen LogP contribution is -2.12. The number of nitrogens with one attached hydrogen (secondary N) is 1. The third-order valence-corrected chi connectivity index (χ3v) is 3.73. The fourth-order valence-corrected chi connectivity index (χ4v) is 2.60. The highest BCUT2D eigenvalue weighted by molar-refractivity contribution is 5.92. The van der Waals surface area contributed by atoms with Gasteiger partial charge in [0.2, 0.25) is 0 Å². The first-order chi connectivity index (χ1) is 11.9.